The maximum Gasteiger partial charge on any atom is 0.255 e. The molecule has 1 aliphatic rings. The first-order chi connectivity index (χ1) is 13.6. The molecule has 2 heterocycles. The number of carbonyl (C=O) groups is 2. The fourth-order valence-corrected chi connectivity index (χ4v) is 3.78. The van der Waals surface area contributed by atoms with Crippen molar-refractivity contribution in [2.24, 2.45) is 11.8 Å². The summed E-state index contributed by atoms with van der Waals surface area (Å²) in [5, 5.41) is 2.92. The number of carbonyl (C=O) groups excluding carboxylic acids is 2. The highest BCUT2D eigenvalue weighted by molar-refractivity contribution is 5.94. The topological polar surface area (TPSA) is 62.3 Å². The number of amides is 2. The Morgan fingerprint density at radius 3 is 2.68 bits per heavy atom. The number of nitrogens with one attached hydrogen (secondary N) is 1. The van der Waals surface area contributed by atoms with Crippen LogP contribution in [0.15, 0.2) is 48.8 Å². The van der Waals surface area contributed by atoms with Crippen LogP contribution in [-0.4, -0.2) is 34.8 Å². The van der Waals surface area contributed by atoms with Gasteiger partial charge in [0.25, 0.3) is 5.91 Å². The standard InChI is InChI=1S/C22H26FN3O2/c1-2-17-15-26(22(28)19-4-3-10-24-14-19)11-9-18(17)12-21(27)25-13-16-5-7-20(23)8-6-16/h3-8,10,14,17-18H,2,9,11-13,15H2,1H3,(H,25,27). The predicted molar refractivity (Wildman–Crippen MR) is 105 cm³/mol. The van der Waals surface area contributed by atoms with Crippen LogP contribution in [0.3, 0.4) is 0 Å². The zero-order valence-electron chi connectivity index (χ0n) is 16.1. The van der Waals surface area contributed by atoms with Gasteiger partial charge in [0.2, 0.25) is 5.91 Å². The van der Waals surface area contributed by atoms with Crippen molar-refractivity contribution < 1.29 is 14.0 Å². The third-order valence-electron chi connectivity index (χ3n) is 5.46. The van der Waals surface area contributed by atoms with Gasteiger partial charge in [0.15, 0.2) is 0 Å². The molecule has 1 aromatic heterocycles. The van der Waals surface area contributed by atoms with Gasteiger partial charge in [-0.25, -0.2) is 4.39 Å². The number of benzene rings is 1. The molecule has 2 unspecified atom stereocenters. The van der Waals surface area contributed by atoms with Gasteiger partial charge in [-0.15, -0.1) is 0 Å². The number of nitrogens with zero attached hydrogens (tertiary/aromatic N) is 2. The molecule has 1 fully saturated rings. The molecule has 3 rings (SSSR count). The molecule has 1 aromatic carbocycles. The van der Waals surface area contributed by atoms with E-state index in [2.05, 4.69) is 17.2 Å². The van der Waals surface area contributed by atoms with Gasteiger partial charge < -0.3 is 10.2 Å². The monoisotopic (exact) mass is 383 g/mol. The maximum absolute atomic E-state index is 13.0. The van der Waals surface area contributed by atoms with Crippen molar-refractivity contribution in [1.82, 2.24) is 15.2 Å². The second-order valence-corrected chi connectivity index (χ2v) is 7.32. The molecule has 0 spiro atoms. The number of piperidine rings is 1. The molecule has 5 nitrogen and oxygen atoms in total. The molecule has 2 aromatic rings. The molecule has 2 amide bonds. The molecule has 0 radical (unpaired) electrons. The first-order valence-electron chi connectivity index (χ1n) is 9.77. The van der Waals surface area contributed by atoms with Crippen molar-refractivity contribution in [3.63, 3.8) is 0 Å². The second-order valence-electron chi connectivity index (χ2n) is 7.32. The quantitative estimate of drug-likeness (QED) is 0.831. The van der Waals surface area contributed by atoms with Gasteiger partial charge in [0.05, 0.1) is 5.56 Å². The Morgan fingerprint density at radius 1 is 1.21 bits per heavy atom. The van der Waals surface area contributed by atoms with Crippen LogP contribution in [0.2, 0.25) is 0 Å². The van der Waals surface area contributed by atoms with Gasteiger partial charge in [-0.1, -0.05) is 25.5 Å². The molecule has 6 heteroatoms. The molecular formula is C22H26FN3O2. The highest BCUT2D eigenvalue weighted by atomic mass is 19.1. The fraction of sp³-hybridized carbons (Fsp3) is 0.409. The number of aromatic nitrogens is 1. The van der Waals surface area contributed by atoms with Crippen LogP contribution in [-0.2, 0) is 11.3 Å². The summed E-state index contributed by atoms with van der Waals surface area (Å²) in [7, 11) is 0. The lowest BCUT2D eigenvalue weighted by Crippen LogP contribution is -2.44. The number of pyridine rings is 1. The lowest BCUT2D eigenvalue weighted by Gasteiger charge is -2.38. The van der Waals surface area contributed by atoms with Crippen molar-refractivity contribution in [2.75, 3.05) is 13.1 Å². The largest absolute Gasteiger partial charge is 0.352 e. The Balaban J connectivity index is 1.51. The van der Waals surface area contributed by atoms with Crippen LogP contribution in [0.1, 0.15) is 42.1 Å². The van der Waals surface area contributed by atoms with E-state index >= 15 is 0 Å². The Bertz CT molecular complexity index is 795. The molecule has 0 bridgehead atoms. The maximum atomic E-state index is 13.0. The zero-order valence-corrected chi connectivity index (χ0v) is 16.1. The Kier molecular flexibility index (Phi) is 6.74. The highest BCUT2D eigenvalue weighted by Gasteiger charge is 2.32. The summed E-state index contributed by atoms with van der Waals surface area (Å²) in [6.45, 7) is 3.82. The molecule has 2 atom stereocenters. The Morgan fingerprint density at radius 2 is 2.00 bits per heavy atom. The second kappa shape index (κ2) is 9.44. The molecule has 1 aliphatic heterocycles. The predicted octanol–water partition coefficient (Wildman–Crippen LogP) is 3.42. The fourth-order valence-electron chi connectivity index (χ4n) is 3.78. The van der Waals surface area contributed by atoms with E-state index in [0.717, 1.165) is 18.4 Å². The van der Waals surface area contributed by atoms with Gasteiger partial charge in [0, 0.05) is 38.4 Å². The average Bonchev–Trinajstić information content (AvgIpc) is 2.73. The molecule has 148 valence electrons. The summed E-state index contributed by atoms with van der Waals surface area (Å²) in [4.78, 5) is 30.9. The number of halogens is 1. The van der Waals surface area contributed by atoms with Crippen LogP contribution in [0.4, 0.5) is 4.39 Å². The van der Waals surface area contributed by atoms with Crippen molar-refractivity contribution >= 4 is 11.8 Å². The number of hydrogen-bond donors (Lipinski definition) is 1. The van der Waals surface area contributed by atoms with Gasteiger partial charge >= 0.3 is 0 Å². The summed E-state index contributed by atoms with van der Waals surface area (Å²) >= 11 is 0. The van der Waals surface area contributed by atoms with Crippen molar-refractivity contribution in [1.29, 1.82) is 0 Å². The normalized spacial score (nSPS) is 19.3. The zero-order chi connectivity index (χ0) is 19.9. The van der Waals surface area contributed by atoms with E-state index in [1.54, 1.807) is 36.7 Å². The average molecular weight is 383 g/mol. The van der Waals surface area contributed by atoms with E-state index in [9.17, 15) is 14.0 Å². The van der Waals surface area contributed by atoms with Crippen LogP contribution < -0.4 is 5.32 Å². The van der Waals surface area contributed by atoms with Crippen LogP contribution in [0.25, 0.3) is 0 Å². The summed E-state index contributed by atoms with van der Waals surface area (Å²) in [5.41, 5.74) is 1.48. The third kappa shape index (κ3) is 5.15. The molecular weight excluding hydrogens is 357 g/mol. The van der Waals surface area contributed by atoms with Gasteiger partial charge in [-0.05, 0) is 48.1 Å². The van der Waals surface area contributed by atoms with Crippen molar-refractivity contribution in [2.45, 2.75) is 32.7 Å². The number of likely N-dealkylation sites (tertiary alicyclic amines) is 1. The Labute approximate surface area is 165 Å². The van der Waals surface area contributed by atoms with Crippen LogP contribution in [0.5, 0.6) is 0 Å². The van der Waals surface area contributed by atoms with Crippen LogP contribution in [0, 0.1) is 17.7 Å². The van der Waals surface area contributed by atoms with Crippen LogP contribution >= 0.6 is 0 Å². The minimum Gasteiger partial charge on any atom is -0.352 e. The highest BCUT2D eigenvalue weighted by Crippen LogP contribution is 2.29. The lowest BCUT2D eigenvalue weighted by molar-refractivity contribution is -0.123. The van der Waals surface area contributed by atoms with Gasteiger partial charge in [0.1, 0.15) is 5.82 Å². The molecule has 0 saturated carbocycles. The molecule has 1 N–H and O–H groups in total. The minimum atomic E-state index is -0.284. The lowest BCUT2D eigenvalue weighted by atomic mass is 9.81. The number of hydrogen-bond acceptors (Lipinski definition) is 3. The summed E-state index contributed by atoms with van der Waals surface area (Å²) < 4.78 is 13.0. The summed E-state index contributed by atoms with van der Waals surface area (Å²) in [6, 6.07) is 9.68. The van der Waals surface area contributed by atoms with E-state index in [1.807, 2.05) is 4.90 Å². The third-order valence-corrected chi connectivity index (χ3v) is 5.46. The first-order valence-corrected chi connectivity index (χ1v) is 9.77. The Hall–Kier alpha value is -2.76. The van der Waals surface area contributed by atoms with E-state index in [1.165, 1.54) is 12.1 Å². The molecule has 1 saturated heterocycles. The van der Waals surface area contributed by atoms with E-state index in [-0.39, 0.29) is 23.5 Å². The van der Waals surface area contributed by atoms with Crippen molar-refractivity contribution in [3.05, 3.63) is 65.7 Å². The van der Waals surface area contributed by atoms with E-state index < -0.39 is 0 Å². The minimum absolute atomic E-state index is 0.000175. The van der Waals surface area contributed by atoms with E-state index in [0.29, 0.717) is 37.5 Å². The first kappa shape index (κ1) is 20.0. The summed E-state index contributed by atoms with van der Waals surface area (Å²) in [6.07, 6.45) is 5.44. The van der Waals surface area contributed by atoms with Gasteiger partial charge in [-0.3, -0.25) is 14.6 Å². The van der Waals surface area contributed by atoms with Crippen molar-refractivity contribution in [3.8, 4) is 0 Å². The van der Waals surface area contributed by atoms with E-state index in [4.69, 9.17) is 0 Å². The SMILES string of the molecule is CCC1CN(C(=O)c2cccnc2)CCC1CC(=O)NCc1ccc(F)cc1. The van der Waals surface area contributed by atoms with Gasteiger partial charge in [-0.2, -0.15) is 0 Å². The smallest absolute Gasteiger partial charge is 0.255 e. The molecule has 0 aliphatic carbocycles. The number of rotatable bonds is 6. The summed E-state index contributed by atoms with van der Waals surface area (Å²) in [5.74, 6) is 0.279. The molecule has 28 heavy (non-hydrogen) atoms.